The van der Waals surface area contributed by atoms with Crippen LogP contribution in [0.2, 0.25) is 5.02 Å². The second-order valence-corrected chi connectivity index (χ2v) is 5.04. The summed E-state index contributed by atoms with van der Waals surface area (Å²) in [5.41, 5.74) is 0.709. The van der Waals surface area contributed by atoms with E-state index in [1.54, 1.807) is 48.5 Å². The molecule has 2 aromatic carbocycles. The van der Waals surface area contributed by atoms with E-state index in [9.17, 15) is 9.59 Å². The summed E-state index contributed by atoms with van der Waals surface area (Å²) in [4.78, 5) is 23.2. The maximum Gasteiger partial charge on any atom is 0.325 e. The number of carbonyl (C=O) groups is 2. The van der Waals surface area contributed by atoms with Crippen LogP contribution in [0.25, 0.3) is 0 Å². The fourth-order valence-corrected chi connectivity index (χ4v) is 1.90. The molecule has 0 fully saturated rings. The number of carbonyl (C=O) groups excluding carboxylic acids is 2. The van der Waals surface area contributed by atoms with E-state index in [0.29, 0.717) is 16.3 Å². The van der Waals surface area contributed by atoms with Crippen LogP contribution in [0, 0.1) is 0 Å². The number of nitrogens with one attached hydrogen (secondary N) is 1. The van der Waals surface area contributed by atoms with Crippen LogP contribution in [0.4, 0.5) is 0 Å². The summed E-state index contributed by atoms with van der Waals surface area (Å²) >= 11 is 5.96. The van der Waals surface area contributed by atoms with Gasteiger partial charge in [-0.05, 0) is 18.2 Å². The van der Waals surface area contributed by atoms with E-state index < -0.39 is 11.9 Å². The molecule has 0 aliphatic carbocycles. The number of rotatable bonds is 7. The third kappa shape index (κ3) is 6.00. The van der Waals surface area contributed by atoms with E-state index in [1.807, 2.05) is 6.07 Å². The van der Waals surface area contributed by atoms with E-state index in [4.69, 9.17) is 21.1 Å². The zero-order valence-corrected chi connectivity index (χ0v) is 13.1. The van der Waals surface area contributed by atoms with Gasteiger partial charge < -0.3 is 14.8 Å². The Morgan fingerprint density at radius 2 is 1.70 bits per heavy atom. The molecule has 1 amide bonds. The Bertz CT molecular complexity index is 661. The summed E-state index contributed by atoms with van der Waals surface area (Å²) in [7, 11) is 0. The third-order valence-corrected chi connectivity index (χ3v) is 3.26. The van der Waals surface area contributed by atoms with Gasteiger partial charge in [0.15, 0.2) is 6.61 Å². The van der Waals surface area contributed by atoms with Crippen LogP contribution in [-0.4, -0.2) is 25.0 Å². The average Bonchev–Trinajstić information content (AvgIpc) is 2.58. The maximum atomic E-state index is 11.6. The molecule has 0 aromatic heterocycles. The lowest BCUT2D eigenvalue weighted by molar-refractivity contribution is -0.145. The van der Waals surface area contributed by atoms with Gasteiger partial charge in [0.1, 0.15) is 18.9 Å². The number of para-hydroxylation sites is 1. The molecule has 0 saturated heterocycles. The molecule has 120 valence electrons. The van der Waals surface area contributed by atoms with E-state index in [2.05, 4.69) is 5.32 Å². The van der Waals surface area contributed by atoms with Gasteiger partial charge in [-0.15, -0.1) is 0 Å². The zero-order chi connectivity index (χ0) is 16.5. The van der Waals surface area contributed by atoms with Gasteiger partial charge in [0.25, 0.3) is 5.91 Å². The summed E-state index contributed by atoms with van der Waals surface area (Å²) in [5, 5.41) is 2.96. The zero-order valence-electron chi connectivity index (χ0n) is 12.3. The minimum Gasteiger partial charge on any atom is -0.484 e. The highest BCUT2D eigenvalue weighted by molar-refractivity contribution is 6.31. The molecule has 0 radical (unpaired) electrons. The number of ether oxygens (including phenoxy) is 2. The van der Waals surface area contributed by atoms with Crippen molar-refractivity contribution in [1.82, 2.24) is 5.32 Å². The van der Waals surface area contributed by atoms with Crippen LogP contribution in [0.3, 0.4) is 0 Å². The normalized spacial score (nSPS) is 9.96. The SMILES string of the molecule is O=C(COc1ccccc1)NCC(=O)OCc1ccccc1Cl. The molecule has 0 atom stereocenters. The topological polar surface area (TPSA) is 64.6 Å². The largest absolute Gasteiger partial charge is 0.484 e. The number of benzene rings is 2. The molecular weight excluding hydrogens is 318 g/mol. The summed E-state index contributed by atoms with van der Waals surface area (Å²) in [6, 6.07) is 16.0. The predicted molar refractivity (Wildman–Crippen MR) is 86.2 cm³/mol. The third-order valence-electron chi connectivity index (χ3n) is 2.89. The fraction of sp³-hybridized carbons (Fsp3) is 0.176. The Balaban J connectivity index is 1.66. The lowest BCUT2D eigenvalue weighted by Crippen LogP contribution is -2.34. The van der Waals surface area contributed by atoms with Gasteiger partial charge >= 0.3 is 5.97 Å². The van der Waals surface area contributed by atoms with Gasteiger partial charge in [0, 0.05) is 10.6 Å². The van der Waals surface area contributed by atoms with Crippen molar-refractivity contribution in [3.63, 3.8) is 0 Å². The minimum absolute atomic E-state index is 0.0644. The molecule has 2 rings (SSSR count). The van der Waals surface area contributed by atoms with Crippen LogP contribution in [0.5, 0.6) is 5.75 Å². The van der Waals surface area contributed by atoms with Gasteiger partial charge in [0.05, 0.1) is 0 Å². The van der Waals surface area contributed by atoms with Crippen molar-refractivity contribution in [3.8, 4) is 5.75 Å². The number of amides is 1. The van der Waals surface area contributed by atoms with Gasteiger partial charge in [-0.1, -0.05) is 48.0 Å². The molecule has 0 heterocycles. The summed E-state index contributed by atoms with van der Waals surface area (Å²) in [6.07, 6.45) is 0. The Morgan fingerprint density at radius 3 is 2.43 bits per heavy atom. The molecule has 0 aliphatic rings. The van der Waals surface area contributed by atoms with E-state index in [0.717, 1.165) is 0 Å². The molecule has 0 saturated carbocycles. The van der Waals surface area contributed by atoms with Crippen LogP contribution in [-0.2, 0) is 20.9 Å². The molecule has 0 unspecified atom stereocenters. The quantitative estimate of drug-likeness (QED) is 0.791. The van der Waals surface area contributed by atoms with E-state index in [1.165, 1.54) is 0 Å². The van der Waals surface area contributed by atoms with Crippen molar-refractivity contribution in [2.24, 2.45) is 0 Å². The van der Waals surface area contributed by atoms with E-state index in [-0.39, 0.29) is 19.8 Å². The second kappa shape index (κ2) is 8.80. The highest BCUT2D eigenvalue weighted by Gasteiger charge is 2.08. The van der Waals surface area contributed by atoms with Gasteiger partial charge in [0.2, 0.25) is 0 Å². The summed E-state index contributed by atoms with van der Waals surface area (Å²) in [5.74, 6) is -0.356. The predicted octanol–water partition coefficient (Wildman–Crippen LogP) is 2.58. The Labute approximate surface area is 139 Å². The van der Waals surface area contributed by atoms with Crippen molar-refractivity contribution in [2.75, 3.05) is 13.2 Å². The van der Waals surface area contributed by atoms with E-state index >= 15 is 0 Å². The highest BCUT2D eigenvalue weighted by Crippen LogP contribution is 2.15. The van der Waals surface area contributed by atoms with Crippen molar-refractivity contribution < 1.29 is 19.1 Å². The molecular formula is C17H16ClNO4. The number of halogens is 1. The molecule has 6 heteroatoms. The first-order valence-corrected chi connectivity index (χ1v) is 7.36. The summed E-state index contributed by atoms with van der Waals surface area (Å²) in [6.45, 7) is -0.321. The first-order chi connectivity index (χ1) is 11.1. The monoisotopic (exact) mass is 333 g/mol. The van der Waals surface area contributed by atoms with Crippen LogP contribution < -0.4 is 10.1 Å². The van der Waals surface area contributed by atoms with Gasteiger partial charge in [-0.2, -0.15) is 0 Å². The Kier molecular flexibility index (Phi) is 6.44. The number of hydrogen-bond acceptors (Lipinski definition) is 4. The average molecular weight is 334 g/mol. The minimum atomic E-state index is -0.544. The fourth-order valence-electron chi connectivity index (χ4n) is 1.71. The van der Waals surface area contributed by atoms with Gasteiger partial charge in [-0.3, -0.25) is 9.59 Å². The Hall–Kier alpha value is -2.53. The van der Waals surface area contributed by atoms with Crippen LogP contribution in [0.1, 0.15) is 5.56 Å². The highest BCUT2D eigenvalue weighted by atomic mass is 35.5. The number of esters is 1. The van der Waals surface area contributed by atoms with Crippen molar-refractivity contribution >= 4 is 23.5 Å². The Morgan fingerprint density at radius 1 is 1.00 bits per heavy atom. The smallest absolute Gasteiger partial charge is 0.325 e. The first-order valence-electron chi connectivity index (χ1n) is 6.99. The standard InChI is InChI=1S/C17H16ClNO4/c18-15-9-5-4-6-13(15)11-23-17(21)10-19-16(20)12-22-14-7-2-1-3-8-14/h1-9H,10-12H2,(H,19,20). The lowest BCUT2D eigenvalue weighted by Gasteiger charge is -2.08. The molecule has 0 spiro atoms. The van der Waals surface area contributed by atoms with Crippen LogP contribution in [0.15, 0.2) is 54.6 Å². The lowest BCUT2D eigenvalue weighted by atomic mass is 10.2. The van der Waals surface area contributed by atoms with Crippen molar-refractivity contribution in [3.05, 3.63) is 65.2 Å². The maximum absolute atomic E-state index is 11.6. The van der Waals surface area contributed by atoms with Gasteiger partial charge in [-0.25, -0.2) is 0 Å². The molecule has 2 aromatic rings. The second-order valence-electron chi connectivity index (χ2n) is 4.63. The number of hydrogen-bond donors (Lipinski definition) is 1. The molecule has 5 nitrogen and oxygen atoms in total. The molecule has 0 bridgehead atoms. The molecule has 1 N–H and O–H groups in total. The van der Waals surface area contributed by atoms with Crippen molar-refractivity contribution in [2.45, 2.75) is 6.61 Å². The molecule has 0 aliphatic heterocycles. The molecule has 23 heavy (non-hydrogen) atoms. The van der Waals surface area contributed by atoms with Crippen LogP contribution >= 0.6 is 11.6 Å². The first kappa shape index (κ1) is 16.8. The summed E-state index contributed by atoms with van der Waals surface area (Å²) < 4.78 is 10.3. The van der Waals surface area contributed by atoms with Crippen molar-refractivity contribution in [1.29, 1.82) is 0 Å².